The second kappa shape index (κ2) is 9.09. The van der Waals surface area contributed by atoms with Crippen molar-refractivity contribution in [2.75, 3.05) is 14.2 Å². The van der Waals surface area contributed by atoms with E-state index >= 15 is 0 Å². The number of allylic oxidation sites excluding steroid dienone is 1. The minimum atomic E-state index is -1.44. The fraction of sp³-hybridized carbons (Fsp3) is 0.261. The molecule has 0 aromatic heterocycles. The number of carbonyl (C=O) groups excluding carboxylic acids is 2. The van der Waals surface area contributed by atoms with E-state index in [1.54, 1.807) is 18.2 Å². The standard InChI is InChI=1S/C23H21NO4Se/c1-24-18-11-9-16(10-12-18)20-14-23(21(25)27-2,22(26)28-3)13-17(20)15-29-19-7-5-4-6-8-19/h4-12,14,17H,13,15H2,2-3H3. The zero-order valence-electron chi connectivity index (χ0n) is 16.3. The van der Waals surface area contributed by atoms with E-state index in [9.17, 15) is 9.59 Å². The average Bonchev–Trinajstić information content (AvgIpc) is 3.18. The molecule has 1 unspecified atom stereocenters. The van der Waals surface area contributed by atoms with Crippen molar-refractivity contribution in [3.05, 3.63) is 77.7 Å². The molecule has 0 spiro atoms. The number of nitrogens with zero attached hydrogens (tertiary/aromatic N) is 1. The fourth-order valence-electron chi connectivity index (χ4n) is 3.58. The summed E-state index contributed by atoms with van der Waals surface area (Å²) in [7, 11) is 2.57. The molecule has 0 aliphatic heterocycles. The second-order valence-corrected chi connectivity index (χ2v) is 9.03. The van der Waals surface area contributed by atoms with Crippen molar-refractivity contribution < 1.29 is 19.1 Å². The van der Waals surface area contributed by atoms with Gasteiger partial charge in [-0.25, -0.2) is 0 Å². The third-order valence-corrected chi connectivity index (χ3v) is 7.50. The van der Waals surface area contributed by atoms with Gasteiger partial charge in [-0.05, 0) is 0 Å². The van der Waals surface area contributed by atoms with Crippen LogP contribution >= 0.6 is 0 Å². The zero-order chi connectivity index (χ0) is 20.9. The van der Waals surface area contributed by atoms with Crippen molar-refractivity contribution in [3.63, 3.8) is 0 Å². The molecule has 0 N–H and O–H groups in total. The van der Waals surface area contributed by atoms with E-state index < -0.39 is 17.4 Å². The van der Waals surface area contributed by atoms with E-state index in [0.717, 1.165) is 16.5 Å². The number of hydrogen-bond acceptors (Lipinski definition) is 4. The van der Waals surface area contributed by atoms with E-state index in [4.69, 9.17) is 16.0 Å². The normalized spacial score (nSPS) is 17.1. The van der Waals surface area contributed by atoms with E-state index in [2.05, 4.69) is 17.0 Å². The molecule has 2 aromatic rings. The first-order valence-corrected chi connectivity index (χ1v) is 11.2. The Bertz CT molecular complexity index is 945. The average molecular weight is 454 g/mol. The Balaban J connectivity index is 1.98. The van der Waals surface area contributed by atoms with E-state index in [1.165, 1.54) is 18.7 Å². The Morgan fingerprint density at radius 1 is 1.07 bits per heavy atom. The summed E-state index contributed by atoms with van der Waals surface area (Å²) in [4.78, 5) is 28.7. The van der Waals surface area contributed by atoms with Gasteiger partial charge >= 0.3 is 177 Å². The number of carbonyl (C=O) groups is 2. The maximum atomic E-state index is 12.6. The zero-order valence-corrected chi connectivity index (χ0v) is 18.0. The summed E-state index contributed by atoms with van der Waals surface area (Å²) in [5.74, 6) is -1.20. The topological polar surface area (TPSA) is 57.0 Å². The Kier molecular flexibility index (Phi) is 6.53. The van der Waals surface area contributed by atoms with Crippen LogP contribution in [0.5, 0.6) is 0 Å². The van der Waals surface area contributed by atoms with Crippen LogP contribution < -0.4 is 4.46 Å². The van der Waals surface area contributed by atoms with Crippen LogP contribution in [-0.4, -0.2) is 41.1 Å². The number of benzene rings is 2. The van der Waals surface area contributed by atoms with E-state index in [1.807, 2.05) is 30.3 Å². The molecule has 148 valence electrons. The Labute approximate surface area is 176 Å². The molecule has 0 amide bonds. The van der Waals surface area contributed by atoms with Crippen LogP contribution in [0.2, 0.25) is 5.32 Å². The van der Waals surface area contributed by atoms with Gasteiger partial charge in [0.05, 0.1) is 0 Å². The van der Waals surface area contributed by atoms with Crippen LogP contribution in [0, 0.1) is 17.9 Å². The van der Waals surface area contributed by atoms with E-state index in [0.29, 0.717) is 12.1 Å². The Morgan fingerprint density at radius 2 is 1.69 bits per heavy atom. The van der Waals surface area contributed by atoms with Gasteiger partial charge in [-0.1, -0.05) is 0 Å². The third kappa shape index (κ3) is 4.27. The Hall–Kier alpha value is -2.87. The van der Waals surface area contributed by atoms with Crippen LogP contribution in [0.25, 0.3) is 10.4 Å². The van der Waals surface area contributed by atoms with Crippen molar-refractivity contribution in [3.8, 4) is 0 Å². The molecule has 0 radical (unpaired) electrons. The van der Waals surface area contributed by atoms with Gasteiger partial charge in [0, 0.05) is 0 Å². The molecule has 3 rings (SSSR count). The summed E-state index contributed by atoms with van der Waals surface area (Å²) in [5, 5.41) is 0.836. The van der Waals surface area contributed by atoms with Gasteiger partial charge in [0.25, 0.3) is 0 Å². The van der Waals surface area contributed by atoms with Gasteiger partial charge < -0.3 is 0 Å². The molecule has 5 nitrogen and oxygen atoms in total. The number of hydrogen-bond donors (Lipinski definition) is 0. The van der Waals surface area contributed by atoms with Gasteiger partial charge in [0.2, 0.25) is 0 Å². The van der Waals surface area contributed by atoms with Crippen molar-refractivity contribution in [1.82, 2.24) is 0 Å². The number of rotatable bonds is 6. The van der Waals surface area contributed by atoms with Gasteiger partial charge in [-0.15, -0.1) is 0 Å². The van der Waals surface area contributed by atoms with E-state index in [-0.39, 0.29) is 20.9 Å². The number of ether oxygens (including phenoxy) is 2. The first-order valence-electron chi connectivity index (χ1n) is 9.09. The fourth-order valence-corrected chi connectivity index (χ4v) is 5.77. The molecule has 29 heavy (non-hydrogen) atoms. The maximum absolute atomic E-state index is 12.6. The summed E-state index contributed by atoms with van der Waals surface area (Å²) >= 11 is 0.184. The monoisotopic (exact) mass is 455 g/mol. The van der Waals surface area contributed by atoms with Gasteiger partial charge in [0.15, 0.2) is 0 Å². The molecule has 0 saturated carbocycles. The molecular weight excluding hydrogens is 433 g/mol. The molecule has 1 atom stereocenters. The molecule has 0 saturated heterocycles. The molecule has 2 aromatic carbocycles. The first kappa shape index (κ1) is 20.9. The quantitative estimate of drug-likeness (QED) is 0.291. The molecular formula is C23H21NO4Se. The summed E-state index contributed by atoms with van der Waals surface area (Å²) in [6, 6.07) is 17.4. The Morgan fingerprint density at radius 3 is 2.24 bits per heavy atom. The summed E-state index contributed by atoms with van der Waals surface area (Å²) in [6.07, 6.45) is 2.03. The predicted octanol–water partition coefficient (Wildman–Crippen LogP) is 3.42. The first-order chi connectivity index (χ1) is 14.0. The summed E-state index contributed by atoms with van der Waals surface area (Å²) < 4.78 is 11.2. The van der Waals surface area contributed by atoms with Crippen molar-refractivity contribution in [1.29, 1.82) is 0 Å². The molecule has 0 heterocycles. The predicted molar refractivity (Wildman–Crippen MR) is 112 cm³/mol. The third-order valence-electron chi connectivity index (χ3n) is 5.03. The molecule has 0 fully saturated rings. The van der Waals surface area contributed by atoms with Crippen LogP contribution in [-0.2, 0) is 19.1 Å². The summed E-state index contributed by atoms with van der Waals surface area (Å²) in [6.45, 7) is 7.14. The van der Waals surface area contributed by atoms with Crippen molar-refractivity contribution >= 4 is 42.6 Å². The van der Waals surface area contributed by atoms with Crippen LogP contribution in [0.4, 0.5) is 5.69 Å². The SMILES string of the molecule is [C-]#[N+]c1ccc(C2=CC(C(=O)OC)(C(=O)OC)CC2C[Se]c2ccccc2)cc1. The van der Waals surface area contributed by atoms with Crippen LogP contribution in [0.3, 0.4) is 0 Å². The van der Waals surface area contributed by atoms with Gasteiger partial charge in [-0.3, -0.25) is 0 Å². The molecule has 6 heteroatoms. The van der Waals surface area contributed by atoms with Crippen molar-refractivity contribution in [2.24, 2.45) is 11.3 Å². The van der Waals surface area contributed by atoms with Crippen LogP contribution in [0.1, 0.15) is 12.0 Å². The molecule has 1 aliphatic rings. The molecule has 0 bridgehead atoms. The summed E-state index contributed by atoms with van der Waals surface area (Å²) in [5.41, 5.74) is 0.940. The van der Waals surface area contributed by atoms with Gasteiger partial charge in [0.1, 0.15) is 0 Å². The van der Waals surface area contributed by atoms with Crippen molar-refractivity contribution in [2.45, 2.75) is 11.7 Å². The van der Waals surface area contributed by atoms with Crippen LogP contribution in [0.15, 0.2) is 60.7 Å². The van der Waals surface area contributed by atoms with Gasteiger partial charge in [-0.2, -0.15) is 0 Å². The minimum absolute atomic E-state index is 0.00666. The second-order valence-electron chi connectivity index (χ2n) is 6.74. The number of esters is 2. The molecule has 1 aliphatic carbocycles. The number of methoxy groups -OCH3 is 2.